The van der Waals surface area contributed by atoms with Crippen molar-refractivity contribution >= 4 is 38.7 Å². The Kier molecular flexibility index (Phi) is 4.26. The summed E-state index contributed by atoms with van der Waals surface area (Å²) in [7, 11) is 0. The lowest BCUT2D eigenvalue weighted by Crippen LogP contribution is -2.11. The van der Waals surface area contributed by atoms with Gasteiger partial charge >= 0.3 is 0 Å². The van der Waals surface area contributed by atoms with E-state index in [1.807, 2.05) is 30.1 Å². The van der Waals surface area contributed by atoms with Crippen LogP contribution in [0.5, 0.6) is 0 Å². The Morgan fingerprint density at radius 1 is 1.29 bits per heavy atom. The molecule has 3 rings (SSSR count). The van der Waals surface area contributed by atoms with Crippen molar-refractivity contribution in [2.75, 3.05) is 5.88 Å². The first kappa shape index (κ1) is 14.5. The highest BCUT2D eigenvalue weighted by molar-refractivity contribution is 9.10. The highest BCUT2D eigenvalue weighted by Gasteiger charge is 2.12. The van der Waals surface area contributed by atoms with Crippen LogP contribution in [0.25, 0.3) is 11.2 Å². The lowest BCUT2D eigenvalue weighted by atomic mass is 10.4. The van der Waals surface area contributed by atoms with Crippen molar-refractivity contribution in [1.82, 2.24) is 24.3 Å². The maximum Gasteiger partial charge on any atom is 0.160 e. The number of rotatable bonds is 5. The van der Waals surface area contributed by atoms with E-state index in [4.69, 9.17) is 11.6 Å². The lowest BCUT2D eigenvalue weighted by Gasteiger charge is -2.08. The predicted octanol–water partition coefficient (Wildman–Crippen LogP) is 3.18. The predicted molar refractivity (Wildman–Crippen MR) is 86.6 cm³/mol. The molecule has 0 aliphatic heterocycles. The molecule has 0 aliphatic carbocycles. The van der Waals surface area contributed by atoms with Crippen LogP contribution in [-0.2, 0) is 19.5 Å². The van der Waals surface area contributed by atoms with Gasteiger partial charge in [0, 0.05) is 35.7 Å². The Morgan fingerprint density at radius 2 is 2.14 bits per heavy atom. The Morgan fingerprint density at radius 3 is 2.86 bits per heavy atom. The van der Waals surface area contributed by atoms with Crippen LogP contribution < -0.4 is 0 Å². The molecule has 0 N–H and O–H groups in total. The van der Waals surface area contributed by atoms with Crippen LogP contribution in [0.4, 0.5) is 0 Å². The summed E-state index contributed by atoms with van der Waals surface area (Å²) >= 11 is 9.32. The summed E-state index contributed by atoms with van der Waals surface area (Å²) in [4.78, 5) is 9.12. The SMILES string of the molecule is Cc1cnn(CCn2c(CCCl)nc3cc(Br)cnc32)c1. The molecule has 3 aromatic rings. The third kappa shape index (κ3) is 3.11. The van der Waals surface area contributed by atoms with E-state index in [2.05, 4.69) is 35.6 Å². The molecule has 5 nitrogen and oxygen atoms in total. The zero-order valence-electron chi connectivity index (χ0n) is 11.6. The van der Waals surface area contributed by atoms with Crippen LogP contribution in [0.2, 0.25) is 0 Å². The van der Waals surface area contributed by atoms with Gasteiger partial charge in [0.1, 0.15) is 11.3 Å². The Hall–Kier alpha value is -1.40. The minimum atomic E-state index is 0.547. The molecule has 0 spiro atoms. The van der Waals surface area contributed by atoms with Crippen molar-refractivity contribution in [3.05, 3.63) is 40.5 Å². The van der Waals surface area contributed by atoms with Gasteiger partial charge in [-0.2, -0.15) is 5.10 Å². The highest BCUT2D eigenvalue weighted by atomic mass is 79.9. The largest absolute Gasteiger partial charge is 0.311 e. The van der Waals surface area contributed by atoms with Crippen molar-refractivity contribution in [3.8, 4) is 0 Å². The molecule has 7 heteroatoms. The van der Waals surface area contributed by atoms with Gasteiger partial charge in [-0.25, -0.2) is 9.97 Å². The molecule has 21 heavy (non-hydrogen) atoms. The first-order valence-electron chi connectivity index (χ1n) is 6.73. The van der Waals surface area contributed by atoms with Crippen molar-refractivity contribution in [2.45, 2.75) is 26.4 Å². The van der Waals surface area contributed by atoms with Gasteiger partial charge in [0.25, 0.3) is 0 Å². The normalized spacial score (nSPS) is 11.4. The quantitative estimate of drug-likeness (QED) is 0.650. The molecular weight excluding hydrogens is 354 g/mol. The number of aromatic nitrogens is 5. The molecule has 0 amide bonds. The van der Waals surface area contributed by atoms with Gasteiger partial charge in [0.05, 0.1) is 12.7 Å². The van der Waals surface area contributed by atoms with E-state index in [0.717, 1.165) is 46.5 Å². The van der Waals surface area contributed by atoms with Crippen LogP contribution in [0.1, 0.15) is 11.4 Å². The summed E-state index contributed by atoms with van der Waals surface area (Å²) < 4.78 is 4.99. The van der Waals surface area contributed by atoms with E-state index in [1.165, 1.54) is 0 Å². The third-order valence-electron chi connectivity index (χ3n) is 3.26. The fraction of sp³-hybridized carbons (Fsp3) is 0.357. The van der Waals surface area contributed by atoms with Crippen LogP contribution in [0.15, 0.2) is 29.1 Å². The van der Waals surface area contributed by atoms with E-state index in [0.29, 0.717) is 5.88 Å². The fourth-order valence-electron chi connectivity index (χ4n) is 2.34. The number of aryl methyl sites for hydroxylation is 4. The molecule has 3 aromatic heterocycles. The summed E-state index contributed by atoms with van der Waals surface area (Å²) in [5, 5.41) is 4.31. The highest BCUT2D eigenvalue weighted by Crippen LogP contribution is 2.19. The Bertz CT molecular complexity index is 764. The van der Waals surface area contributed by atoms with Gasteiger partial charge in [-0.15, -0.1) is 11.6 Å². The van der Waals surface area contributed by atoms with Gasteiger partial charge in [-0.1, -0.05) is 0 Å². The first-order valence-corrected chi connectivity index (χ1v) is 8.06. The molecule has 0 saturated heterocycles. The second-order valence-electron chi connectivity index (χ2n) is 4.90. The first-order chi connectivity index (χ1) is 10.2. The standard InChI is InChI=1S/C14H15BrClN5/c1-10-7-18-20(9-10)4-5-21-13(2-3-16)19-12-6-11(15)8-17-14(12)21/h6-9H,2-5H2,1H3. The Balaban J connectivity index is 1.92. The van der Waals surface area contributed by atoms with E-state index < -0.39 is 0 Å². The zero-order valence-corrected chi connectivity index (χ0v) is 14.0. The molecule has 0 aromatic carbocycles. The molecule has 0 unspecified atom stereocenters. The maximum atomic E-state index is 5.89. The average molecular weight is 369 g/mol. The fourth-order valence-corrected chi connectivity index (χ4v) is 2.82. The molecule has 0 radical (unpaired) electrons. The van der Waals surface area contributed by atoms with Crippen molar-refractivity contribution in [1.29, 1.82) is 0 Å². The second kappa shape index (κ2) is 6.15. The lowest BCUT2D eigenvalue weighted by molar-refractivity contribution is 0.528. The van der Waals surface area contributed by atoms with Crippen molar-refractivity contribution in [3.63, 3.8) is 0 Å². The molecule has 0 bridgehead atoms. The van der Waals surface area contributed by atoms with Gasteiger partial charge in [0.2, 0.25) is 0 Å². The monoisotopic (exact) mass is 367 g/mol. The van der Waals surface area contributed by atoms with Crippen LogP contribution in [0.3, 0.4) is 0 Å². The third-order valence-corrected chi connectivity index (χ3v) is 3.89. The number of fused-ring (bicyclic) bond motifs is 1. The molecule has 110 valence electrons. The van der Waals surface area contributed by atoms with Gasteiger partial charge in [-0.05, 0) is 34.5 Å². The summed E-state index contributed by atoms with van der Waals surface area (Å²) in [6, 6.07) is 1.98. The molecule has 0 atom stereocenters. The molecule has 0 fully saturated rings. The maximum absolute atomic E-state index is 5.89. The molecular formula is C14H15BrClN5. The van der Waals surface area contributed by atoms with Gasteiger partial charge < -0.3 is 4.57 Å². The molecule has 0 aliphatic rings. The van der Waals surface area contributed by atoms with E-state index in [-0.39, 0.29) is 0 Å². The van der Waals surface area contributed by atoms with Crippen LogP contribution in [-0.4, -0.2) is 30.2 Å². The number of hydrogen-bond acceptors (Lipinski definition) is 3. The summed E-state index contributed by atoms with van der Waals surface area (Å²) in [5.41, 5.74) is 2.94. The van der Waals surface area contributed by atoms with Gasteiger partial charge in [-0.3, -0.25) is 4.68 Å². The average Bonchev–Trinajstić information content (AvgIpc) is 3.00. The van der Waals surface area contributed by atoms with E-state index >= 15 is 0 Å². The second-order valence-corrected chi connectivity index (χ2v) is 6.19. The summed E-state index contributed by atoms with van der Waals surface area (Å²) in [6.45, 7) is 3.60. The minimum absolute atomic E-state index is 0.547. The smallest absolute Gasteiger partial charge is 0.160 e. The van der Waals surface area contributed by atoms with Crippen molar-refractivity contribution in [2.24, 2.45) is 0 Å². The number of hydrogen-bond donors (Lipinski definition) is 0. The van der Waals surface area contributed by atoms with Crippen molar-refractivity contribution < 1.29 is 0 Å². The zero-order chi connectivity index (χ0) is 14.8. The van der Waals surface area contributed by atoms with E-state index in [9.17, 15) is 0 Å². The number of imidazole rings is 1. The summed E-state index contributed by atoms with van der Waals surface area (Å²) in [5.74, 6) is 1.51. The summed E-state index contributed by atoms with van der Waals surface area (Å²) in [6.07, 6.45) is 6.42. The number of nitrogens with zero attached hydrogens (tertiary/aromatic N) is 5. The molecule has 3 heterocycles. The van der Waals surface area contributed by atoms with Gasteiger partial charge in [0.15, 0.2) is 5.65 Å². The van der Waals surface area contributed by atoms with Crippen LogP contribution in [0, 0.1) is 6.92 Å². The number of alkyl halides is 1. The number of pyridine rings is 1. The number of halogens is 2. The molecule has 0 saturated carbocycles. The minimum Gasteiger partial charge on any atom is -0.311 e. The Labute approximate surface area is 136 Å². The van der Waals surface area contributed by atoms with E-state index in [1.54, 1.807) is 6.20 Å². The topological polar surface area (TPSA) is 48.5 Å². The van der Waals surface area contributed by atoms with Crippen LogP contribution >= 0.6 is 27.5 Å².